The molecular formula is C68H47N. The van der Waals surface area contributed by atoms with Gasteiger partial charge in [0.1, 0.15) is 0 Å². The molecule has 0 aromatic heterocycles. The highest BCUT2D eigenvalue weighted by Gasteiger charge is 2.52. The fraction of sp³-hybridized carbons (Fsp3) is 0.0294. The van der Waals surface area contributed by atoms with Crippen molar-refractivity contribution in [1.29, 1.82) is 0 Å². The van der Waals surface area contributed by atoms with Crippen LogP contribution in [0.15, 0.2) is 273 Å². The number of hydrogen-bond donors (Lipinski definition) is 0. The first-order valence-electron chi connectivity index (χ1n) is 24.0. The molecule has 69 heavy (non-hydrogen) atoms. The zero-order valence-corrected chi connectivity index (χ0v) is 38.1. The Morgan fingerprint density at radius 2 is 0.638 bits per heavy atom. The topological polar surface area (TPSA) is 3.24 Å². The van der Waals surface area contributed by atoms with Gasteiger partial charge in [0, 0.05) is 17.9 Å². The summed E-state index contributed by atoms with van der Waals surface area (Å²) in [5.74, 6) is 0. The van der Waals surface area contributed by atoms with Crippen LogP contribution in [0.25, 0.3) is 77.9 Å². The summed E-state index contributed by atoms with van der Waals surface area (Å²) >= 11 is 0. The highest BCUT2D eigenvalue weighted by Crippen LogP contribution is 2.63. The van der Waals surface area contributed by atoms with Gasteiger partial charge in [-0.3, -0.25) is 0 Å². The Balaban J connectivity index is 1.03. The molecular weight excluding hydrogens is 831 g/mol. The molecule has 0 saturated carbocycles. The lowest BCUT2D eigenvalue weighted by atomic mass is 9.70. The molecule has 0 bridgehead atoms. The highest BCUT2D eigenvalue weighted by atomic mass is 15.1. The Hall–Kier alpha value is -8.78. The van der Waals surface area contributed by atoms with Crippen molar-refractivity contribution in [1.82, 2.24) is 0 Å². The van der Waals surface area contributed by atoms with E-state index < -0.39 is 5.41 Å². The number of fused-ring (bicyclic) bond motifs is 10. The summed E-state index contributed by atoms with van der Waals surface area (Å²) in [6, 6.07) is 101. The van der Waals surface area contributed by atoms with E-state index in [-0.39, 0.29) is 0 Å². The summed E-state index contributed by atoms with van der Waals surface area (Å²) < 4.78 is 0. The molecule has 0 unspecified atom stereocenters. The van der Waals surface area contributed by atoms with Crippen molar-refractivity contribution in [2.45, 2.75) is 12.0 Å². The first-order chi connectivity index (χ1) is 34.2. The maximum Gasteiger partial charge on any atom is 0.0726 e. The van der Waals surface area contributed by atoms with Gasteiger partial charge in [-0.1, -0.05) is 224 Å². The SMILES string of the molecule is c1ccc(-c2cc(-c3ccccc3)cc(-c3ccc4c(c3)C3(c5ccccc5-c5ccccc53)c3cc(N(Cc5ccccc5-c5ccccc5)c5cccc(-c6ccccc6)c5)ccc3-4)c2)cc1. The van der Waals surface area contributed by atoms with E-state index in [1.807, 2.05) is 0 Å². The largest absolute Gasteiger partial charge is 0.337 e. The smallest absolute Gasteiger partial charge is 0.0726 e. The lowest BCUT2D eigenvalue weighted by molar-refractivity contribution is 0.793. The lowest BCUT2D eigenvalue weighted by Crippen LogP contribution is -2.26. The van der Waals surface area contributed by atoms with Crippen molar-refractivity contribution < 1.29 is 0 Å². The maximum atomic E-state index is 2.53. The van der Waals surface area contributed by atoms with Gasteiger partial charge in [-0.2, -0.15) is 0 Å². The summed E-state index contributed by atoms with van der Waals surface area (Å²) in [7, 11) is 0. The monoisotopic (exact) mass is 877 g/mol. The van der Waals surface area contributed by atoms with Crippen molar-refractivity contribution in [3.8, 4) is 77.9 Å². The van der Waals surface area contributed by atoms with E-state index in [1.165, 1.54) is 106 Å². The normalized spacial score (nSPS) is 12.5. The second-order valence-corrected chi connectivity index (χ2v) is 18.4. The highest BCUT2D eigenvalue weighted by molar-refractivity contribution is 5.97. The van der Waals surface area contributed by atoms with Crippen molar-refractivity contribution in [3.05, 3.63) is 301 Å². The summed E-state index contributed by atoms with van der Waals surface area (Å²) in [6.07, 6.45) is 0. The molecule has 0 atom stereocenters. The molecule has 0 aliphatic heterocycles. The third-order valence-electron chi connectivity index (χ3n) is 14.6. The molecule has 0 N–H and O–H groups in total. The zero-order chi connectivity index (χ0) is 45.7. The first kappa shape index (κ1) is 40.5. The lowest BCUT2D eigenvalue weighted by Gasteiger charge is -2.32. The average molecular weight is 878 g/mol. The molecule has 0 amide bonds. The van der Waals surface area contributed by atoms with E-state index in [1.54, 1.807) is 0 Å². The molecule has 2 aliphatic carbocycles. The van der Waals surface area contributed by atoms with Crippen LogP contribution in [0.1, 0.15) is 27.8 Å². The van der Waals surface area contributed by atoms with Crippen LogP contribution in [0.2, 0.25) is 0 Å². The van der Waals surface area contributed by atoms with Crippen LogP contribution in [0, 0.1) is 0 Å². The molecule has 324 valence electrons. The van der Waals surface area contributed by atoms with Crippen molar-refractivity contribution in [2.24, 2.45) is 0 Å². The van der Waals surface area contributed by atoms with Gasteiger partial charge >= 0.3 is 0 Å². The second kappa shape index (κ2) is 16.8. The molecule has 11 aromatic rings. The van der Waals surface area contributed by atoms with E-state index >= 15 is 0 Å². The Kier molecular flexibility index (Phi) is 9.87. The number of anilines is 2. The number of rotatable bonds is 9. The predicted molar refractivity (Wildman–Crippen MR) is 289 cm³/mol. The maximum absolute atomic E-state index is 2.53. The summed E-state index contributed by atoms with van der Waals surface area (Å²) in [4.78, 5) is 2.53. The number of hydrogen-bond acceptors (Lipinski definition) is 1. The minimum atomic E-state index is -0.553. The van der Waals surface area contributed by atoms with Crippen LogP contribution in [-0.4, -0.2) is 0 Å². The van der Waals surface area contributed by atoms with E-state index in [0.29, 0.717) is 6.54 Å². The standard InChI is InChI=1S/C68H47N/c1-5-20-47(21-6-1)51-29-19-30-57(43-51)69(46-53-28-13-14-31-59(53)50-26-11-4-12-27-50)58-37-39-63-62-38-36-52(56-41-54(48-22-7-2-8-23-48)40-55(42-56)49-24-9-3-10-25-49)44-66(62)68(67(63)45-58)64-34-17-15-32-60(64)61-33-16-18-35-65(61)68/h1-45H,46H2. The summed E-state index contributed by atoms with van der Waals surface area (Å²) in [6.45, 7) is 0.681. The molecule has 0 heterocycles. The average Bonchev–Trinajstić information content (AvgIpc) is 3.90. The van der Waals surface area contributed by atoms with E-state index in [2.05, 4.69) is 278 Å². The minimum absolute atomic E-state index is 0.553. The van der Waals surface area contributed by atoms with Gasteiger partial charge in [-0.05, 0) is 154 Å². The second-order valence-electron chi connectivity index (χ2n) is 18.4. The molecule has 1 nitrogen and oxygen atoms in total. The number of benzene rings is 11. The Bertz CT molecular complexity index is 3580. The van der Waals surface area contributed by atoms with E-state index in [0.717, 1.165) is 11.4 Å². The Labute approximate surface area is 404 Å². The quantitative estimate of drug-likeness (QED) is 0.140. The van der Waals surface area contributed by atoms with Crippen LogP contribution < -0.4 is 4.90 Å². The Morgan fingerprint density at radius 1 is 0.232 bits per heavy atom. The fourth-order valence-corrected chi connectivity index (χ4v) is 11.4. The van der Waals surface area contributed by atoms with Crippen LogP contribution >= 0.6 is 0 Å². The molecule has 0 radical (unpaired) electrons. The van der Waals surface area contributed by atoms with Gasteiger partial charge < -0.3 is 4.90 Å². The van der Waals surface area contributed by atoms with Crippen LogP contribution in [0.3, 0.4) is 0 Å². The van der Waals surface area contributed by atoms with Gasteiger partial charge in [0.15, 0.2) is 0 Å². The van der Waals surface area contributed by atoms with Crippen LogP contribution in [0.5, 0.6) is 0 Å². The molecule has 0 fully saturated rings. The van der Waals surface area contributed by atoms with E-state index in [4.69, 9.17) is 0 Å². The molecule has 1 heteroatoms. The third-order valence-corrected chi connectivity index (χ3v) is 14.6. The summed E-state index contributed by atoms with van der Waals surface area (Å²) in [5.41, 5.74) is 25.5. The predicted octanol–water partition coefficient (Wildman–Crippen LogP) is 17.7. The summed E-state index contributed by atoms with van der Waals surface area (Å²) in [5, 5.41) is 0. The molecule has 11 aromatic carbocycles. The van der Waals surface area contributed by atoms with Crippen LogP contribution in [0.4, 0.5) is 11.4 Å². The fourth-order valence-electron chi connectivity index (χ4n) is 11.4. The van der Waals surface area contributed by atoms with Crippen molar-refractivity contribution in [3.63, 3.8) is 0 Å². The molecule has 0 saturated heterocycles. The van der Waals surface area contributed by atoms with E-state index in [9.17, 15) is 0 Å². The van der Waals surface area contributed by atoms with Crippen molar-refractivity contribution >= 4 is 11.4 Å². The van der Waals surface area contributed by atoms with Gasteiger partial charge in [0.2, 0.25) is 0 Å². The van der Waals surface area contributed by atoms with Crippen LogP contribution in [-0.2, 0) is 12.0 Å². The van der Waals surface area contributed by atoms with Gasteiger partial charge in [0.05, 0.1) is 5.41 Å². The minimum Gasteiger partial charge on any atom is -0.337 e. The molecule has 1 spiro atoms. The molecule has 13 rings (SSSR count). The molecule has 2 aliphatic rings. The van der Waals surface area contributed by atoms with Gasteiger partial charge in [-0.15, -0.1) is 0 Å². The third kappa shape index (κ3) is 6.85. The Morgan fingerprint density at radius 3 is 1.23 bits per heavy atom. The number of nitrogens with zero attached hydrogens (tertiary/aromatic N) is 1. The van der Waals surface area contributed by atoms with Gasteiger partial charge in [-0.25, -0.2) is 0 Å². The van der Waals surface area contributed by atoms with Crippen molar-refractivity contribution in [2.75, 3.05) is 4.90 Å². The van der Waals surface area contributed by atoms with Gasteiger partial charge in [0.25, 0.3) is 0 Å². The zero-order valence-electron chi connectivity index (χ0n) is 38.1. The first-order valence-corrected chi connectivity index (χ1v) is 24.0.